The molecule has 0 rings (SSSR count). The second kappa shape index (κ2) is 6.13. The first-order valence-electron chi connectivity index (χ1n) is 6.25. The van der Waals surface area contributed by atoms with Gasteiger partial charge in [-0.1, -0.05) is 72.2 Å². The highest BCUT2D eigenvalue weighted by Crippen LogP contribution is 2.32. The van der Waals surface area contributed by atoms with Gasteiger partial charge < -0.3 is 0 Å². The van der Waals surface area contributed by atoms with E-state index in [1.807, 2.05) is 6.08 Å². The summed E-state index contributed by atoms with van der Waals surface area (Å²) in [6.45, 7) is 17.4. The van der Waals surface area contributed by atoms with Gasteiger partial charge >= 0.3 is 0 Å². The first-order chi connectivity index (χ1) is 7.20. The summed E-state index contributed by atoms with van der Waals surface area (Å²) in [4.78, 5) is 0. The lowest BCUT2D eigenvalue weighted by atomic mass is 9.79. The standard InChI is InChI=1S/C15H27B/c1-8-14(15(5,6)7)13(11(2)3)10-9-12(4)16/h8-12H,1,16H2,2-7H3/b10-9-,14-13-. The van der Waals surface area contributed by atoms with Gasteiger partial charge in [0.15, 0.2) is 0 Å². The Morgan fingerprint density at radius 3 is 1.94 bits per heavy atom. The maximum absolute atomic E-state index is 3.97. The predicted molar refractivity (Wildman–Crippen MR) is 78.6 cm³/mol. The Morgan fingerprint density at radius 2 is 1.69 bits per heavy atom. The highest BCUT2D eigenvalue weighted by atomic mass is 14.2. The summed E-state index contributed by atoms with van der Waals surface area (Å²) in [6.07, 6.45) is 6.56. The predicted octanol–water partition coefficient (Wildman–Crippen LogP) is 4.17. The third-order valence-corrected chi connectivity index (χ3v) is 2.61. The molecular weight excluding hydrogens is 191 g/mol. The Morgan fingerprint density at radius 1 is 1.19 bits per heavy atom. The molecule has 0 heterocycles. The molecule has 0 fully saturated rings. The van der Waals surface area contributed by atoms with E-state index in [2.05, 4.69) is 68.1 Å². The number of hydrogen-bond donors (Lipinski definition) is 0. The molecule has 0 aromatic heterocycles. The van der Waals surface area contributed by atoms with Crippen molar-refractivity contribution in [3.8, 4) is 0 Å². The van der Waals surface area contributed by atoms with Crippen LogP contribution in [-0.2, 0) is 0 Å². The molecule has 0 saturated carbocycles. The van der Waals surface area contributed by atoms with Crippen molar-refractivity contribution in [2.45, 2.75) is 47.4 Å². The van der Waals surface area contributed by atoms with Crippen LogP contribution in [-0.4, -0.2) is 7.85 Å². The van der Waals surface area contributed by atoms with Crippen molar-refractivity contribution in [1.82, 2.24) is 0 Å². The quantitative estimate of drug-likeness (QED) is 0.490. The SMILES string of the molecule is BC(C)/C=C\C(=C(/C=C)C(C)(C)C)C(C)C. The van der Waals surface area contributed by atoms with E-state index in [1.54, 1.807) is 0 Å². The summed E-state index contributed by atoms with van der Waals surface area (Å²) in [6, 6.07) is 0. The molecule has 0 aliphatic carbocycles. The molecular formula is C15H27B. The average molecular weight is 218 g/mol. The number of hydrogen-bond acceptors (Lipinski definition) is 0. The Hall–Kier alpha value is -0.715. The molecule has 16 heavy (non-hydrogen) atoms. The van der Waals surface area contributed by atoms with Crippen LogP contribution in [0.4, 0.5) is 0 Å². The van der Waals surface area contributed by atoms with Crippen molar-refractivity contribution in [2.24, 2.45) is 11.3 Å². The van der Waals surface area contributed by atoms with Gasteiger partial charge in [0.1, 0.15) is 7.85 Å². The minimum absolute atomic E-state index is 0.169. The molecule has 1 atom stereocenters. The van der Waals surface area contributed by atoms with E-state index >= 15 is 0 Å². The summed E-state index contributed by atoms with van der Waals surface area (Å²) >= 11 is 0. The Labute approximate surface area is 103 Å². The zero-order chi connectivity index (χ0) is 12.9. The van der Waals surface area contributed by atoms with Gasteiger partial charge in [0, 0.05) is 0 Å². The van der Waals surface area contributed by atoms with E-state index < -0.39 is 0 Å². The van der Waals surface area contributed by atoms with Gasteiger partial charge in [0.05, 0.1) is 0 Å². The second-order valence-corrected chi connectivity index (χ2v) is 6.08. The third kappa shape index (κ3) is 4.87. The average Bonchev–Trinajstić information content (AvgIpc) is 2.08. The van der Waals surface area contributed by atoms with E-state index in [9.17, 15) is 0 Å². The van der Waals surface area contributed by atoms with E-state index in [0.29, 0.717) is 11.7 Å². The Balaban J connectivity index is 5.44. The summed E-state index contributed by atoms with van der Waals surface area (Å²) in [5.41, 5.74) is 2.94. The van der Waals surface area contributed by atoms with Gasteiger partial charge in [0.2, 0.25) is 0 Å². The first kappa shape index (κ1) is 15.3. The van der Waals surface area contributed by atoms with Crippen molar-refractivity contribution < 1.29 is 0 Å². The number of rotatable bonds is 4. The Bertz CT molecular complexity index is 285. The lowest BCUT2D eigenvalue weighted by Gasteiger charge is -2.25. The molecule has 0 nitrogen and oxygen atoms in total. The minimum atomic E-state index is 0.169. The van der Waals surface area contributed by atoms with Crippen molar-refractivity contribution >= 4 is 7.85 Å². The molecule has 0 aliphatic heterocycles. The summed E-state index contributed by atoms with van der Waals surface area (Å²) < 4.78 is 0. The Kier molecular flexibility index (Phi) is 5.85. The topological polar surface area (TPSA) is 0 Å². The van der Waals surface area contributed by atoms with Gasteiger partial charge in [-0.05, 0) is 22.5 Å². The molecule has 0 spiro atoms. The molecule has 0 N–H and O–H groups in total. The fourth-order valence-electron chi connectivity index (χ4n) is 1.75. The smallest absolute Gasteiger partial charge is 0.0988 e. The summed E-state index contributed by atoms with van der Waals surface area (Å²) in [5.74, 6) is 1.14. The lowest BCUT2D eigenvalue weighted by Crippen LogP contribution is -2.12. The molecule has 1 heteroatoms. The molecule has 0 saturated heterocycles. The largest absolute Gasteiger partial charge is 0.109 e. The monoisotopic (exact) mass is 218 g/mol. The van der Waals surface area contributed by atoms with Gasteiger partial charge in [-0.2, -0.15) is 0 Å². The van der Waals surface area contributed by atoms with Crippen LogP contribution in [0.2, 0.25) is 5.82 Å². The fourth-order valence-corrected chi connectivity index (χ4v) is 1.75. The van der Waals surface area contributed by atoms with E-state index in [1.165, 1.54) is 11.1 Å². The van der Waals surface area contributed by atoms with E-state index in [-0.39, 0.29) is 5.41 Å². The van der Waals surface area contributed by atoms with E-state index in [4.69, 9.17) is 0 Å². The second-order valence-electron chi connectivity index (χ2n) is 6.08. The highest BCUT2D eigenvalue weighted by molar-refractivity contribution is 6.12. The molecule has 0 aliphatic rings. The fraction of sp³-hybridized carbons (Fsp3) is 0.600. The van der Waals surface area contributed by atoms with Crippen LogP contribution in [0, 0.1) is 11.3 Å². The third-order valence-electron chi connectivity index (χ3n) is 2.61. The van der Waals surface area contributed by atoms with Crippen LogP contribution in [0.5, 0.6) is 0 Å². The molecule has 90 valence electrons. The molecule has 1 unspecified atom stereocenters. The minimum Gasteiger partial charge on any atom is -0.0988 e. The van der Waals surface area contributed by atoms with Crippen LogP contribution in [0.3, 0.4) is 0 Å². The van der Waals surface area contributed by atoms with Gasteiger partial charge in [0.25, 0.3) is 0 Å². The van der Waals surface area contributed by atoms with Crippen LogP contribution >= 0.6 is 0 Å². The van der Waals surface area contributed by atoms with Crippen molar-refractivity contribution in [3.05, 3.63) is 36.0 Å². The zero-order valence-corrected chi connectivity index (χ0v) is 12.1. The maximum atomic E-state index is 3.97. The van der Waals surface area contributed by atoms with Gasteiger partial charge in [-0.25, -0.2) is 0 Å². The van der Waals surface area contributed by atoms with Crippen molar-refractivity contribution in [1.29, 1.82) is 0 Å². The zero-order valence-electron chi connectivity index (χ0n) is 12.1. The lowest BCUT2D eigenvalue weighted by molar-refractivity contribution is 0.506. The normalized spacial score (nSPS) is 16.4. The number of allylic oxidation sites excluding steroid dienone is 5. The highest BCUT2D eigenvalue weighted by Gasteiger charge is 2.18. The first-order valence-corrected chi connectivity index (χ1v) is 6.25. The van der Waals surface area contributed by atoms with Crippen LogP contribution in [0.15, 0.2) is 36.0 Å². The molecule has 0 amide bonds. The molecule has 0 aromatic rings. The van der Waals surface area contributed by atoms with Crippen molar-refractivity contribution in [3.63, 3.8) is 0 Å². The molecule has 0 radical (unpaired) electrons. The summed E-state index contributed by atoms with van der Waals surface area (Å²) in [7, 11) is 2.21. The van der Waals surface area contributed by atoms with Gasteiger partial charge in [-0.3, -0.25) is 0 Å². The van der Waals surface area contributed by atoms with Crippen LogP contribution in [0.1, 0.15) is 41.5 Å². The molecule has 0 bridgehead atoms. The maximum Gasteiger partial charge on any atom is 0.109 e. The van der Waals surface area contributed by atoms with E-state index in [0.717, 1.165) is 0 Å². The van der Waals surface area contributed by atoms with Crippen LogP contribution in [0.25, 0.3) is 0 Å². The van der Waals surface area contributed by atoms with Gasteiger partial charge in [-0.15, -0.1) is 0 Å². The summed E-state index contributed by atoms with van der Waals surface area (Å²) in [5, 5.41) is 0. The van der Waals surface area contributed by atoms with Crippen LogP contribution < -0.4 is 0 Å². The van der Waals surface area contributed by atoms with Crippen molar-refractivity contribution in [2.75, 3.05) is 0 Å². The molecule has 0 aromatic carbocycles.